The first-order valence-corrected chi connectivity index (χ1v) is 11.8. The van der Waals surface area contributed by atoms with Crippen LogP contribution in [0, 0.1) is 0 Å². The lowest BCUT2D eigenvalue weighted by atomic mass is 10.1. The zero-order chi connectivity index (χ0) is 22.2. The zero-order valence-corrected chi connectivity index (χ0v) is 19.5. The van der Waals surface area contributed by atoms with E-state index < -0.39 is 6.04 Å². The predicted molar refractivity (Wildman–Crippen MR) is 126 cm³/mol. The van der Waals surface area contributed by atoms with Crippen LogP contribution in [0.25, 0.3) is 0 Å². The average molecular weight is 461 g/mol. The maximum absolute atomic E-state index is 13.3. The summed E-state index contributed by atoms with van der Waals surface area (Å²) in [5, 5.41) is 4.41. The molecule has 1 aliphatic carbocycles. The van der Waals surface area contributed by atoms with E-state index in [4.69, 9.17) is 23.2 Å². The number of rotatable bonds is 9. The van der Waals surface area contributed by atoms with Crippen molar-refractivity contribution in [3.05, 3.63) is 69.7 Å². The summed E-state index contributed by atoms with van der Waals surface area (Å²) in [6, 6.07) is 14.7. The van der Waals surface area contributed by atoms with Gasteiger partial charge in [0.25, 0.3) is 0 Å². The topological polar surface area (TPSA) is 49.4 Å². The van der Waals surface area contributed by atoms with Crippen molar-refractivity contribution in [3.8, 4) is 0 Å². The molecule has 0 heterocycles. The van der Waals surface area contributed by atoms with Gasteiger partial charge in [0, 0.05) is 29.1 Å². The Labute approximate surface area is 194 Å². The molecular weight excluding hydrogens is 431 g/mol. The fourth-order valence-corrected chi connectivity index (χ4v) is 4.61. The van der Waals surface area contributed by atoms with E-state index in [0.29, 0.717) is 29.4 Å². The van der Waals surface area contributed by atoms with Crippen LogP contribution in [0.3, 0.4) is 0 Å². The van der Waals surface area contributed by atoms with Crippen molar-refractivity contribution in [3.63, 3.8) is 0 Å². The summed E-state index contributed by atoms with van der Waals surface area (Å²) < 4.78 is 0. The standard InChI is InChI=1S/C25H30Cl2N2O2/c1-2-23(25(31)28-20-11-5-6-12-20)29(17-19-10-4-8-14-22(19)27)24(30)16-15-18-9-3-7-13-21(18)26/h3-4,7-10,13-14,20,23H,2,5-6,11-12,15-17H2,1H3,(H,28,31)/t23-/m0/s1. The minimum absolute atomic E-state index is 0.0757. The Kier molecular flexibility index (Phi) is 8.79. The Balaban J connectivity index is 1.78. The SMILES string of the molecule is CC[C@@H](C(=O)NC1CCCC1)N(Cc1ccccc1Cl)C(=O)CCc1ccccc1Cl. The monoisotopic (exact) mass is 460 g/mol. The summed E-state index contributed by atoms with van der Waals surface area (Å²) in [7, 11) is 0. The highest BCUT2D eigenvalue weighted by Gasteiger charge is 2.30. The molecule has 1 fully saturated rings. The number of nitrogens with zero attached hydrogens (tertiary/aromatic N) is 1. The number of carbonyl (C=O) groups is 2. The molecule has 31 heavy (non-hydrogen) atoms. The lowest BCUT2D eigenvalue weighted by Gasteiger charge is -2.32. The molecule has 1 saturated carbocycles. The second kappa shape index (κ2) is 11.5. The summed E-state index contributed by atoms with van der Waals surface area (Å²) >= 11 is 12.6. The quantitative estimate of drug-likeness (QED) is 0.514. The van der Waals surface area contributed by atoms with Crippen molar-refractivity contribution in [1.29, 1.82) is 0 Å². The molecule has 2 amide bonds. The van der Waals surface area contributed by atoms with E-state index in [1.165, 1.54) is 0 Å². The first-order valence-electron chi connectivity index (χ1n) is 11.1. The van der Waals surface area contributed by atoms with Crippen LogP contribution in [-0.4, -0.2) is 28.8 Å². The molecule has 0 aromatic heterocycles. The molecular formula is C25H30Cl2N2O2. The van der Waals surface area contributed by atoms with Gasteiger partial charge in [0.05, 0.1) is 0 Å². The number of benzene rings is 2. The van der Waals surface area contributed by atoms with E-state index in [9.17, 15) is 9.59 Å². The highest BCUT2D eigenvalue weighted by atomic mass is 35.5. The third-order valence-electron chi connectivity index (χ3n) is 5.95. The summed E-state index contributed by atoms with van der Waals surface area (Å²) in [5.41, 5.74) is 1.76. The third-order valence-corrected chi connectivity index (χ3v) is 6.69. The Morgan fingerprint density at radius 1 is 1.00 bits per heavy atom. The van der Waals surface area contributed by atoms with E-state index in [-0.39, 0.29) is 24.3 Å². The van der Waals surface area contributed by atoms with Crippen LogP contribution in [0.15, 0.2) is 48.5 Å². The maximum atomic E-state index is 13.3. The molecule has 0 bridgehead atoms. The summed E-state index contributed by atoms with van der Waals surface area (Å²) in [6.45, 7) is 2.25. The van der Waals surface area contributed by atoms with E-state index in [1.807, 2.05) is 55.5 Å². The fraction of sp³-hybridized carbons (Fsp3) is 0.440. The Bertz CT molecular complexity index is 897. The van der Waals surface area contributed by atoms with Crippen LogP contribution in [0.4, 0.5) is 0 Å². The molecule has 0 aliphatic heterocycles. The van der Waals surface area contributed by atoms with Gasteiger partial charge >= 0.3 is 0 Å². The molecule has 1 N–H and O–H groups in total. The van der Waals surface area contributed by atoms with Crippen LogP contribution in [0.2, 0.25) is 10.0 Å². The minimum atomic E-state index is -0.532. The van der Waals surface area contributed by atoms with Crippen molar-refractivity contribution in [1.82, 2.24) is 10.2 Å². The van der Waals surface area contributed by atoms with Crippen molar-refractivity contribution in [2.24, 2.45) is 0 Å². The van der Waals surface area contributed by atoms with Gasteiger partial charge in [0.2, 0.25) is 11.8 Å². The minimum Gasteiger partial charge on any atom is -0.352 e. The van der Waals surface area contributed by atoms with E-state index >= 15 is 0 Å². The van der Waals surface area contributed by atoms with Crippen molar-refractivity contribution < 1.29 is 9.59 Å². The predicted octanol–water partition coefficient (Wildman–Crippen LogP) is 5.79. The largest absolute Gasteiger partial charge is 0.352 e. The number of nitrogens with one attached hydrogen (secondary N) is 1. The first-order chi connectivity index (χ1) is 15.0. The number of carbonyl (C=O) groups excluding carboxylic acids is 2. The Morgan fingerprint density at radius 2 is 1.58 bits per heavy atom. The molecule has 6 heteroatoms. The number of amides is 2. The molecule has 4 nitrogen and oxygen atoms in total. The smallest absolute Gasteiger partial charge is 0.243 e. The molecule has 2 aromatic rings. The molecule has 0 radical (unpaired) electrons. The van der Waals surface area contributed by atoms with Gasteiger partial charge in [-0.15, -0.1) is 0 Å². The van der Waals surface area contributed by atoms with Gasteiger partial charge in [0.1, 0.15) is 6.04 Å². The molecule has 1 aliphatic rings. The number of aryl methyl sites for hydroxylation is 1. The van der Waals surface area contributed by atoms with Crippen LogP contribution in [0.5, 0.6) is 0 Å². The van der Waals surface area contributed by atoms with Crippen molar-refractivity contribution in [2.75, 3.05) is 0 Å². The maximum Gasteiger partial charge on any atom is 0.243 e. The summed E-state index contributed by atoms with van der Waals surface area (Å²) in [5.74, 6) is -0.152. The van der Waals surface area contributed by atoms with E-state index in [1.54, 1.807) is 4.90 Å². The van der Waals surface area contributed by atoms with Gasteiger partial charge in [-0.2, -0.15) is 0 Å². The molecule has 2 aromatic carbocycles. The molecule has 0 unspecified atom stereocenters. The fourth-order valence-electron chi connectivity index (χ4n) is 4.18. The van der Waals surface area contributed by atoms with Crippen LogP contribution in [-0.2, 0) is 22.6 Å². The normalized spacial score (nSPS) is 14.9. The van der Waals surface area contributed by atoms with Gasteiger partial charge in [-0.25, -0.2) is 0 Å². The number of hydrogen-bond donors (Lipinski definition) is 1. The summed E-state index contributed by atoms with van der Waals surface area (Å²) in [6.07, 6.45) is 5.64. The number of hydrogen-bond acceptors (Lipinski definition) is 2. The lowest BCUT2D eigenvalue weighted by molar-refractivity contribution is -0.141. The highest BCUT2D eigenvalue weighted by Crippen LogP contribution is 2.23. The van der Waals surface area contributed by atoms with Crippen molar-refractivity contribution in [2.45, 2.75) is 70.5 Å². The molecule has 1 atom stereocenters. The third kappa shape index (κ3) is 6.47. The van der Waals surface area contributed by atoms with Gasteiger partial charge < -0.3 is 10.2 Å². The van der Waals surface area contributed by atoms with Crippen LogP contribution in [0.1, 0.15) is 56.6 Å². The van der Waals surface area contributed by atoms with Gasteiger partial charge in [0.15, 0.2) is 0 Å². The van der Waals surface area contributed by atoms with Gasteiger partial charge in [-0.05, 0) is 48.9 Å². The Hall–Kier alpha value is -2.04. The molecule has 0 saturated heterocycles. The van der Waals surface area contributed by atoms with Gasteiger partial charge in [-0.1, -0.05) is 79.4 Å². The molecule has 3 rings (SSSR count). The molecule has 166 valence electrons. The van der Waals surface area contributed by atoms with E-state index in [2.05, 4.69) is 5.32 Å². The van der Waals surface area contributed by atoms with Crippen LogP contribution >= 0.6 is 23.2 Å². The lowest BCUT2D eigenvalue weighted by Crippen LogP contribution is -2.51. The van der Waals surface area contributed by atoms with Gasteiger partial charge in [-0.3, -0.25) is 9.59 Å². The summed E-state index contributed by atoms with van der Waals surface area (Å²) in [4.78, 5) is 28.1. The van der Waals surface area contributed by atoms with E-state index in [0.717, 1.165) is 36.8 Å². The molecule has 0 spiro atoms. The number of halogens is 2. The zero-order valence-electron chi connectivity index (χ0n) is 17.9. The van der Waals surface area contributed by atoms with Crippen LogP contribution < -0.4 is 5.32 Å². The Morgan fingerprint density at radius 3 is 2.16 bits per heavy atom. The highest BCUT2D eigenvalue weighted by molar-refractivity contribution is 6.31. The average Bonchev–Trinajstić information content (AvgIpc) is 3.27. The second-order valence-electron chi connectivity index (χ2n) is 8.12. The van der Waals surface area contributed by atoms with Crippen molar-refractivity contribution >= 4 is 35.0 Å². The first kappa shape index (κ1) is 23.6. The second-order valence-corrected chi connectivity index (χ2v) is 8.93.